The summed E-state index contributed by atoms with van der Waals surface area (Å²) in [5.41, 5.74) is 0. The van der Waals surface area contributed by atoms with Crippen molar-refractivity contribution >= 4 is 17.9 Å². The molecule has 0 aromatic heterocycles. The summed E-state index contributed by atoms with van der Waals surface area (Å²) in [6.07, 6.45) is 43.0. The highest BCUT2D eigenvalue weighted by Crippen LogP contribution is 2.14. The largest absolute Gasteiger partial charge is 0.462 e. The Morgan fingerprint density at radius 2 is 0.667 bits per heavy atom. The predicted octanol–water partition coefficient (Wildman–Crippen LogP) is 13.6. The molecule has 51 heavy (non-hydrogen) atoms. The molecule has 298 valence electrons. The van der Waals surface area contributed by atoms with E-state index < -0.39 is 6.10 Å². The van der Waals surface area contributed by atoms with Gasteiger partial charge in [-0.05, 0) is 64.2 Å². The van der Waals surface area contributed by atoms with Crippen LogP contribution in [-0.4, -0.2) is 37.2 Å². The van der Waals surface area contributed by atoms with Crippen molar-refractivity contribution in [2.75, 3.05) is 13.2 Å². The predicted molar refractivity (Wildman–Crippen MR) is 215 cm³/mol. The van der Waals surface area contributed by atoms with Crippen molar-refractivity contribution in [2.45, 2.75) is 232 Å². The third-order valence-corrected chi connectivity index (χ3v) is 9.43. The van der Waals surface area contributed by atoms with Gasteiger partial charge in [-0.25, -0.2) is 0 Å². The maximum absolute atomic E-state index is 12.7. The van der Waals surface area contributed by atoms with Gasteiger partial charge in [-0.3, -0.25) is 14.4 Å². The zero-order valence-corrected chi connectivity index (χ0v) is 33.9. The molecule has 0 spiro atoms. The Labute approximate surface area is 315 Å². The number of carbonyl (C=O) groups is 3. The summed E-state index contributed by atoms with van der Waals surface area (Å²) in [7, 11) is 0. The van der Waals surface area contributed by atoms with E-state index in [2.05, 4.69) is 45.1 Å². The molecule has 0 bridgehead atoms. The highest BCUT2D eigenvalue weighted by Gasteiger charge is 2.19. The molecule has 0 saturated heterocycles. The zero-order valence-electron chi connectivity index (χ0n) is 33.9. The average Bonchev–Trinajstić information content (AvgIpc) is 3.12. The number of carbonyl (C=O) groups excluding carboxylic acids is 3. The first-order valence-electron chi connectivity index (χ1n) is 21.8. The average molecular weight is 719 g/mol. The van der Waals surface area contributed by atoms with Gasteiger partial charge in [0.25, 0.3) is 0 Å². The minimum Gasteiger partial charge on any atom is -0.462 e. The van der Waals surface area contributed by atoms with Crippen LogP contribution in [0.3, 0.4) is 0 Å². The number of rotatable bonds is 39. The van der Waals surface area contributed by atoms with Crippen LogP contribution < -0.4 is 0 Å². The summed E-state index contributed by atoms with van der Waals surface area (Å²) in [6.45, 7) is 6.54. The molecule has 0 aliphatic rings. The molecule has 1 unspecified atom stereocenters. The quantitative estimate of drug-likeness (QED) is 0.0272. The Bertz CT molecular complexity index is 835. The van der Waals surface area contributed by atoms with Gasteiger partial charge in [-0.2, -0.15) is 0 Å². The molecule has 0 fully saturated rings. The van der Waals surface area contributed by atoms with Crippen LogP contribution in [0.15, 0.2) is 24.3 Å². The number of esters is 3. The first-order valence-corrected chi connectivity index (χ1v) is 21.8. The lowest BCUT2D eigenvalue weighted by Crippen LogP contribution is -2.30. The Kier molecular flexibility index (Phi) is 39.0. The van der Waals surface area contributed by atoms with Crippen molar-refractivity contribution < 1.29 is 28.6 Å². The van der Waals surface area contributed by atoms with E-state index in [-0.39, 0.29) is 31.1 Å². The van der Waals surface area contributed by atoms with Gasteiger partial charge in [0.1, 0.15) is 13.2 Å². The number of unbranched alkanes of at least 4 members (excludes halogenated alkanes) is 24. The van der Waals surface area contributed by atoms with E-state index in [1.807, 2.05) is 0 Å². The van der Waals surface area contributed by atoms with Crippen molar-refractivity contribution in [1.82, 2.24) is 0 Å². The Morgan fingerprint density at radius 3 is 1.08 bits per heavy atom. The summed E-state index contributed by atoms with van der Waals surface area (Å²) in [5.74, 6) is -0.898. The molecule has 0 N–H and O–H groups in total. The topological polar surface area (TPSA) is 78.9 Å². The Hall–Kier alpha value is -2.11. The van der Waals surface area contributed by atoms with Gasteiger partial charge >= 0.3 is 17.9 Å². The summed E-state index contributed by atoms with van der Waals surface area (Å²) >= 11 is 0. The van der Waals surface area contributed by atoms with Crippen molar-refractivity contribution in [3.63, 3.8) is 0 Å². The highest BCUT2D eigenvalue weighted by atomic mass is 16.6. The maximum atomic E-state index is 12.7. The van der Waals surface area contributed by atoms with Crippen LogP contribution in [0, 0.1) is 0 Å². The van der Waals surface area contributed by atoms with Crippen molar-refractivity contribution in [2.24, 2.45) is 0 Å². The fourth-order valence-electron chi connectivity index (χ4n) is 6.06. The van der Waals surface area contributed by atoms with Gasteiger partial charge in [0.2, 0.25) is 0 Å². The summed E-state index contributed by atoms with van der Waals surface area (Å²) in [5, 5.41) is 0. The molecule has 0 rings (SSSR count). The second-order valence-electron chi connectivity index (χ2n) is 14.6. The number of ether oxygens (including phenoxy) is 3. The Balaban J connectivity index is 4.38. The molecule has 6 heteroatoms. The molecule has 0 aliphatic carbocycles. The minimum absolute atomic E-state index is 0.0769. The molecule has 0 saturated carbocycles. The van der Waals surface area contributed by atoms with E-state index in [1.165, 1.54) is 103 Å². The van der Waals surface area contributed by atoms with Crippen LogP contribution in [-0.2, 0) is 28.6 Å². The van der Waals surface area contributed by atoms with E-state index in [4.69, 9.17) is 14.2 Å². The molecular weight excluding hydrogens is 636 g/mol. The zero-order chi connectivity index (χ0) is 37.3. The first kappa shape index (κ1) is 48.9. The first-order chi connectivity index (χ1) is 25.0. The SMILES string of the molecule is CCCC/C=C\CCCCCCC(=O)OCC(COC(=O)CCCCCCC/C=C\CCCCC)OC(=O)CCCCCCCCCCCCC. The smallest absolute Gasteiger partial charge is 0.306 e. The van der Waals surface area contributed by atoms with Crippen LogP contribution >= 0.6 is 0 Å². The van der Waals surface area contributed by atoms with E-state index in [1.54, 1.807) is 0 Å². The highest BCUT2D eigenvalue weighted by molar-refractivity contribution is 5.71. The van der Waals surface area contributed by atoms with Gasteiger partial charge in [-0.1, -0.05) is 167 Å². The van der Waals surface area contributed by atoms with E-state index in [0.717, 1.165) is 83.5 Å². The van der Waals surface area contributed by atoms with Gasteiger partial charge in [0.05, 0.1) is 0 Å². The molecule has 1 atom stereocenters. The third kappa shape index (κ3) is 38.9. The summed E-state index contributed by atoms with van der Waals surface area (Å²) in [6, 6.07) is 0. The summed E-state index contributed by atoms with van der Waals surface area (Å²) < 4.78 is 16.6. The van der Waals surface area contributed by atoms with Crippen LogP contribution in [0.1, 0.15) is 226 Å². The van der Waals surface area contributed by atoms with E-state index in [0.29, 0.717) is 19.3 Å². The van der Waals surface area contributed by atoms with Crippen molar-refractivity contribution in [3.8, 4) is 0 Å². The third-order valence-electron chi connectivity index (χ3n) is 9.43. The van der Waals surface area contributed by atoms with Crippen LogP contribution in [0.25, 0.3) is 0 Å². The van der Waals surface area contributed by atoms with Crippen LogP contribution in [0.2, 0.25) is 0 Å². The second-order valence-corrected chi connectivity index (χ2v) is 14.6. The lowest BCUT2D eigenvalue weighted by Gasteiger charge is -2.18. The van der Waals surface area contributed by atoms with Gasteiger partial charge in [-0.15, -0.1) is 0 Å². The second kappa shape index (κ2) is 40.7. The normalized spacial score (nSPS) is 12.1. The molecule has 0 aromatic rings. The molecular formula is C45H82O6. The molecule has 0 aromatic carbocycles. The lowest BCUT2D eigenvalue weighted by molar-refractivity contribution is -0.167. The minimum atomic E-state index is -0.771. The van der Waals surface area contributed by atoms with E-state index in [9.17, 15) is 14.4 Å². The lowest BCUT2D eigenvalue weighted by atomic mass is 10.1. The molecule has 6 nitrogen and oxygen atoms in total. The maximum Gasteiger partial charge on any atom is 0.306 e. The standard InChI is InChI=1S/C45H82O6/c1-4-7-10-13-16-19-22-24-26-29-32-35-38-44(47)50-41-42(40-49-43(46)37-34-31-28-25-21-18-15-12-9-6-3)51-45(48)39-36-33-30-27-23-20-17-14-11-8-5-2/h15-16,18-19,42H,4-14,17,20-41H2,1-3H3/b18-15-,19-16-. The molecule has 0 radical (unpaired) electrons. The van der Waals surface area contributed by atoms with Crippen molar-refractivity contribution in [1.29, 1.82) is 0 Å². The van der Waals surface area contributed by atoms with Crippen LogP contribution in [0.4, 0.5) is 0 Å². The fourth-order valence-corrected chi connectivity index (χ4v) is 6.06. The Morgan fingerprint density at radius 1 is 0.373 bits per heavy atom. The monoisotopic (exact) mass is 719 g/mol. The molecule has 0 aliphatic heterocycles. The van der Waals surface area contributed by atoms with Crippen LogP contribution in [0.5, 0.6) is 0 Å². The van der Waals surface area contributed by atoms with Gasteiger partial charge < -0.3 is 14.2 Å². The molecule has 0 heterocycles. The molecule has 0 amide bonds. The van der Waals surface area contributed by atoms with Crippen molar-refractivity contribution in [3.05, 3.63) is 24.3 Å². The fraction of sp³-hybridized carbons (Fsp3) is 0.844. The van der Waals surface area contributed by atoms with E-state index >= 15 is 0 Å². The van der Waals surface area contributed by atoms with Gasteiger partial charge in [0.15, 0.2) is 6.10 Å². The summed E-state index contributed by atoms with van der Waals surface area (Å²) in [4.78, 5) is 37.6. The number of hydrogen-bond donors (Lipinski definition) is 0. The van der Waals surface area contributed by atoms with Gasteiger partial charge in [0, 0.05) is 19.3 Å². The number of allylic oxidation sites excluding steroid dienone is 4. The number of hydrogen-bond acceptors (Lipinski definition) is 6.